The standard InChI is InChI=1S/C29H37N7O5S/c1-18-22(16-31-25-24(18)36(12-13-40-25)27(37)41-28(2,3)4)35-11-10-19-14-32-26(34-21(19)17-35)33-20-8-9-23(30-15-20)29(5,6)42(7,38)39/h8-9,14-16H,10-13,17H2,1-7H3,(H,32,33,34). The van der Waals surface area contributed by atoms with Gasteiger partial charge in [0, 0.05) is 24.6 Å². The summed E-state index contributed by atoms with van der Waals surface area (Å²) in [4.78, 5) is 35.0. The van der Waals surface area contributed by atoms with Crippen LogP contribution in [0.2, 0.25) is 0 Å². The quantitative estimate of drug-likeness (QED) is 0.452. The third-order valence-electron chi connectivity index (χ3n) is 7.53. The first-order chi connectivity index (χ1) is 19.6. The summed E-state index contributed by atoms with van der Waals surface area (Å²) in [7, 11) is -3.34. The van der Waals surface area contributed by atoms with E-state index in [0.29, 0.717) is 48.6 Å². The van der Waals surface area contributed by atoms with Crippen LogP contribution in [-0.2, 0) is 32.3 Å². The van der Waals surface area contributed by atoms with Crippen molar-refractivity contribution in [3.05, 3.63) is 53.2 Å². The lowest BCUT2D eigenvalue weighted by Gasteiger charge is -2.35. The van der Waals surface area contributed by atoms with Gasteiger partial charge in [-0.15, -0.1) is 0 Å². The summed E-state index contributed by atoms with van der Waals surface area (Å²) in [6.45, 7) is 12.7. The fourth-order valence-electron chi connectivity index (χ4n) is 4.86. The number of nitrogens with one attached hydrogen (secondary N) is 1. The molecule has 0 saturated carbocycles. The van der Waals surface area contributed by atoms with Crippen molar-refractivity contribution in [3.8, 4) is 5.88 Å². The highest BCUT2D eigenvalue weighted by Gasteiger charge is 2.34. The fraction of sp³-hybridized carbons (Fsp3) is 0.483. The van der Waals surface area contributed by atoms with Crippen molar-refractivity contribution in [2.75, 3.05) is 41.1 Å². The largest absolute Gasteiger partial charge is 0.474 e. The van der Waals surface area contributed by atoms with E-state index in [1.807, 2.05) is 33.9 Å². The molecule has 42 heavy (non-hydrogen) atoms. The van der Waals surface area contributed by atoms with Gasteiger partial charge >= 0.3 is 6.09 Å². The first-order valence-corrected chi connectivity index (χ1v) is 15.7. The second-order valence-electron chi connectivity index (χ2n) is 12.1. The summed E-state index contributed by atoms with van der Waals surface area (Å²) >= 11 is 0. The highest BCUT2D eigenvalue weighted by Crippen LogP contribution is 2.40. The number of fused-ring (bicyclic) bond motifs is 2. The molecule has 2 aliphatic rings. The number of hydrogen-bond donors (Lipinski definition) is 1. The Morgan fingerprint density at radius 3 is 2.48 bits per heavy atom. The van der Waals surface area contributed by atoms with Crippen LogP contribution >= 0.6 is 0 Å². The molecule has 0 fully saturated rings. The van der Waals surface area contributed by atoms with Crippen molar-refractivity contribution < 1.29 is 22.7 Å². The molecule has 0 unspecified atom stereocenters. The van der Waals surface area contributed by atoms with Gasteiger partial charge in [0.15, 0.2) is 9.84 Å². The molecule has 12 nitrogen and oxygen atoms in total. The van der Waals surface area contributed by atoms with Gasteiger partial charge in [0.05, 0.1) is 48.2 Å². The number of sulfone groups is 1. The number of nitrogens with zero attached hydrogens (tertiary/aromatic N) is 6. The molecule has 0 radical (unpaired) electrons. The van der Waals surface area contributed by atoms with E-state index < -0.39 is 26.3 Å². The normalized spacial score (nSPS) is 15.4. The molecule has 0 atom stereocenters. The van der Waals surface area contributed by atoms with E-state index in [-0.39, 0.29) is 0 Å². The van der Waals surface area contributed by atoms with Crippen molar-refractivity contribution >= 4 is 38.9 Å². The number of amides is 1. The molecule has 3 aromatic heterocycles. The Bertz CT molecular complexity index is 1620. The number of carbonyl (C=O) groups is 1. The Morgan fingerprint density at radius 2 is 1.81 bits per heavy atom. The summed E-state index contributed by atoms with van der Waals surface area (Å²) < 4.78 is 34.7. The first-order valence-electron chi connectivity index (χ1n) is 13.8. The summed E-state index contributed by atoms with van der Waals surface area (Å²) in [5.74, 6) is 0.830. The van der Waals surface area contributed by atoms with Crippen LogP contribution in [-0.4, -0.2) is 66.0 Å². The monoisotopic (exact) mass is 595 g/mol. The molecule has 0 spiro atoms. The summed E-state index contributed by atoms with van der Waals surface area (Å²) in [5.41, 5.74) is 4.81. The molecule has 5 heterocycles. The molecule has 3 aromatic rings. The maximum atomic E-state index is 13.0. The smallest absolute Gasteiger partial charge is 0.415 e. The molecule has 0 aromatic carbocycles. The van der Waals surface area contributed by atoms with E-state index >= 15 is 0 Å². The highest BCUT2D eigenvalue weighted by atomic mass is 32.2. The number of pyridine rings is 2. The summed E-state index contributed by atoms with van der Waals surface area (Å²) in [6, 6.07) is 3.46. The zero-order valence-corrected chi connectivity index (χ0v) is 25.9. The topological polar surface area (TPSA) is 140 Å². The van der Waals surface area contributed by atoms with Crippen LogP contribution in [0, 0.1) is 6.92 Å². The number of rotatable bonds is 5. The molecule has 0 saturated heterocycles. The molecular formula is C29H37N7O5S. The molecule has 0 bridgehead atoms. The van der Waals surface area contributed by atoms with Crippen LogP contribution in [0.15, 0.2) is 30.7 Å². The van der Waals surface area contributed by atoms with Crippen LogP contribution in [0.3, 0.4) is 0 Å². The Kier molecular flexibility index (Phi) is 7.50. The maximum Gasteiger partial charge on any atom is 0.415 e. The van der Waals surface area contributed by atoms with Crippen molar-refractivity contribution in [3.63, 3.8) is 0 Å². The van der Waals surface area contributed by atoms with E-state index in [2.05, 4.69) is 25.2 Å². The van der Waals surface area contributed by atoms with Gasteiger partial charge in [0.2, 0.25) is 11.8 Å². The average Bonchev–Trinajstić information content (AvgIpc) is 2.91. The second-order valence-corrected chi connectivity index (χ2v) is 14.6. The van der Waals surface area contributed by atoms with E-state index in [1.165, 1.54) is 6.26 Å². The summed E-state index contributed by atoms with van der Waals surface area (Å²) in [5, 5.41) is 3.18. The summed E-state index contributed by atoms with van der Waals surface area (Å²) in [6.07, 6.45) is 6.71. The molecule has 1 N–H and O–H groups in total. The lowest BCUT2D eigenvalue weighted by atomic mass is 10.0. The third-order valence-corrected chi connectivity index (χ3v) is 9.60. The Morgan fingerprint density at radius 1 is 1.05 bits per heavy atom. The van der Waals surface area contributed by atoms with Crippen LogP contribution in [0.1, 0.15) is 57.1 Å². The lowest BCUT2D eigenvalue weighted by Crippen LogP contribution is -2.42. The van der Waals surface area contributed by atoms with Gasteiger partial charge in [-0.2, -0.15) is 0 Å². The lowest BCUT2D eigenvalue weighted by molar-refractivity contribution is 0.0566. The maximum absolute atomic E-state index is 13.0. The second kappa shape index (κ2) is 10.7. The third kappa shape index (κ3) is 5.83. The molecule has 0 aliphatic carbocycles. The molecule has 5 rings (SSSR count). The zero-order valence-electron chi connectivity index (χ0n) is 25.1. The zero-order chi connectivity index (χ0) is 30.4. The van der Waals surface area contributed by atoms with Gasteiger partial charge in [0.1, 0.15) is 22.6 Å². The van der Waals surface area contributed by atoms with Crippen LogP contribution in [0.25, 0.3) is 0 Å². The Hall–Kier alpha value is -4.00. The van der Waals surface area contributed by atoms with Crippen molar-refractivity contribution in [1.29, 1.82) is 0 Å². The highest BCUT2D eigenvalue weighted by molar-refractivity contribution is 7.91. The minimum Gasteiger partial charge on any atom is -0.474 e. The van der Waals surface area contributed by atoms with Crippen LogP contribution < -0.4 is 19.9 Å². The van der Waals surface area contributed by atoms with Gasteiger partial charge in [-0.05, 0) is 65.7 Å². The SMILES string of the molecule is Cc1c(N2CCc3cnc(Nc4ccc(C(C)(C)S(C)(=O)=O)nc4)nc3C2)cnc2c1N(C(=O)OC(C)(C)C)CCO2. The number of hydrogen-bond acceptors (Lipinski definition) is 11. The molecule has 2 aliphatic heterocycles. The van der Waals surface area contributed by atoms with Gasteiger partial charge in [-0.1, -0.05) is 0 Å². The van der Waals surface area contributed by atoms with Gasteiger partial charge in [-0.25, -0.2) is 28.2 Å². The molecule has 13 heteroatoms. The number of aromatic nitrogens is 4. The van der Waals surface area contributed by atoms with Crippen LogP contribution in [0.5, 0.6) is 5.88 Å². The van der Waals surface area contributed by atoms with E-state index in [4.69, 9.17) is 14.5 Å². The van der Waals surface area contributed by atoms with E-state index in [1.54, 1.807) is 43.3 Å². The van der Waals surface area contributed by atoms with E-state index in [0.717, 1.165) is 35.5 Å². The van der Waals surface area contributed by atoms with E-state index in [9.17, 15) is 13.2 Å². The molecular weight excluding hydrogens is 558 g/mol. The van der Waals surface area contributed by atoms with Crippen molar-refractivity contribution in [2.24, 2.45) is 0 Å². The minimum atomic E-state index is -3.34. The van der Waals surface area contributed by atoms with Crippen molar-refractivity contribution in [1.82, 2.24) is 19.9 Å². The molecule has 224 valence electrons. The fourth-order valence-corrected chi connectivity index (χ4v) is 5.36. The van der Waals surface area contributed by atoms with Gasteiger partial charge < -0.3 is 19.7 Å². The minimum absolute atomic E-state index is 0.343. The van der Waals surface area contributed by atoms with Gasteiger partial charge in [-0.3, -0.25) is 9.88 Å². The predicted octanol–water partition coefficient (Wildman–Crippen LogP) is 4.29. The Labute approximate surface area is 246 Å². The average molecular weight is 596 g/mol. The molecule has 1 amide bonds. The first kappa shape index (κ1) is 29.5. The van der Waals surface area contributed by atoms with Crippen LogP contribution in [0.4, 0.5) is 27.8 Å². The Balaban J connectivity index is 1.36. The number of anilines is 4. The van der Waals surface area contributed by atoms with Crippen molar-refractivity contribution in [2.45, 2.75) is 64.9 Å². The van der Waals surface area contributed by atoms with Gasteiger partial charge in [0.25, 0.3) is 0 Å². The number of ether oxygens (including phenoxy) is 2. The predicted molar refractivity (Wildman–Crippen MR) is 160 cm³/mol. The number of carbonyl (C=O) groups excluding carboxylic acids is 1.